The number of hydrogen-bond acceptors (Lipinski definition) is 4. The third-order valence-corrected chi connectivity index (χ3v) is 2.67. The van der Waals surface area contributed by atoms with Crippen molar-refractivity contribution in [3.63, 3.8) is 0 Å². The Bertz CT molecular complexity index is 326. The minimum Gasteiger partial charge on any atom is -0.468 e. The third kappa shape index (κ3) is 3.87. The van der Waals surface area contributed by atoms with Crippen LogP contribution < -0.4 is 0 Å². The molecule has 4 nitrogen and oxygen atoms in total. The fraction of sp³-hybridized carbons (Fsp3) is 0.429. The first-order valence-electron chi connectivity index (χ1n) is 5.64. The minimum atomic E-state index is -1.31. The lowest BCUT2D eigenvalue weighted by atomic mass is 9.79. The van der Waals surface area contributed by atoms with E-state index < -0.39 is 17.4 Å². The fourth-order valence-electron chi connectivity index (χ4n) is 1.66. The van der Waals surface area contributed by atoms with Gasteiger partial charge in [0.05, 0.1) is 14.2 Å². The van der Waals surface area contributed by atoms with Crippen molar-refractivity contribution in [2.24, 2.45) is 5.41 Å². The first kappa shape index (κ1) is 16.2. The van der Waals surface area contributed by atoms with Crippen LogP contribution in [0.15, 0.2) is 37.5 Å². The van der Waals surface area contributed by atoms with Gasteiger partial charge in [0.15, 0.2) is 5.41 Å². The Morgan fingerprint density at radius 3 is 2.11 bits per heavy atom. The molecule has 0 fully saturated rings. The summed E-state index contributed by atoms with van der Waals surface area (Å²) in [4.78, 5) is 23.8. The van der Waals surface area contributed by atoms with E-state index in [0.29, 0.717) is 12.8 Å². The summed E-state index contributed by atoms with van der Waals surface area (Å²) in [6.45, 7) is 7.13. The second kappa shape index (κ2) is 8.28. The van der Waals surface area contributed by atoms with E-state index in [9.17, 15) is 9.59 Å². The van der Waals surface area contributed by atoms with Gasteiger partial charge in [0.1, 0.15) is 0 Å². The first-order chi connectivity index (χ1) is 8.58. The Morgan fingerprint density at radius 1 is 1.17 bits per heavy atom. The van der Waals surface area contributed by atoms with Gasteiger partial charge in [-0.25, -0.2) is 0 Å². The molecule has 0 spiro atoms. The average Bonchev–Trinajstić information content (AvgIpc) is 2.41. The van der Waals surface area contributed by atoms with Crippen LogP contribution in [0.5, 0.6) is 0 Å². The maximum atomic E-state index is 11.9. The molecule has 0 unspecified atom stereocenters. The molecule has 0 aromatic carbocycles. The topological polar surface area (TPSA) is 52.6 Å². The van der Waals surface area contributed by atoms with Crippen molar-refractivity contribution in [1.82, 2.24) is 0 Å². The summed E-state index contributed by atoms with van der Waals surface area (Å²) >= 11 is 0. The summed E-state index contributed by atoms with van der Waals surface area (Å²) in [6.07, 6.45) is 7.64. The van der Waals surface area contributed by atoms with E-state index in [4.69, 9.17) is 9.47 Å². The normalized spacial score (nSPS) is 11.0. The molecule has 0 aromatic heterocycles. The maximum absolute atomic E-state index is 11.9. The van der Waals surface area contributed by atoms with E-state index >= 15 is 0 Å². The van der Waals surface area contributed by atoms with Crippen LogP contribution in [-0.4, -0.2) is 26.2 Å². The molecule has 0 rings (SSSR count). The van der Waals surface area contributed by atoms with Crippen molar-refractivity contribution < 1.29 is 19.1 Å². The van der Waals surface area contributed by atoms with Gasteiger partial charge in [-0.05, 0) is 19.3 Å². The van der Waals surface area contributed by atoms with Gasteiger partial charge in [0.2, 0.25) is 0 Å². The molecule has 0 saturated carbocycles. The molecule has 0 heterocycles. The van der Waals surface area contributed by atoms with Crippen molar-refractivity contribution in [2.75, 3.05) is 14.2 Å². The molecule has 4 heteroatoms. The SMILES string of the molecule is C=C/C=C/CC(CCC=C)(C(=O)OC)C(=O)OC. The number of esters is 2. The average molecular weight is 252 g/mol. The highest BCUT2D eigenvalue weighted by Gasteiger charge is 2.46. The molecule has 0 aliphatic rings. The quantitative estimate of drug-likeness (QED) is 0.288. The number of carbonyl (C=O) groups excluding carboxylic acids is 2. The Morgan fingerprint density at radius 2 is 1.72 bits per heavy atom. The monoisotopic (exact) mass is 252 g/mol. The summed E-state index contributed by atoms with van der Waals surface area (Å²) in [7, 11) is 2.51. The highest BCUT2D eigenvalue weighted by molar-refractivity contribution is 6.00. The lowest BCUT2D eigenvalue weighted by Crippen LogP contribution is -2.40. The van der Waals surface area contributed by atoms with E-state index in [1.807, 2.05) is 0 Å². The second-order valence-corrected chi connectivity index (χ2v) is 3.76. The number of rotatable bonds is 8. The van der Waals surface area contributed by atoms with Gasteiger partial charge in [0.25, 0.3) is 0 Å². The molecule has 0 aromatic rings. The maximum Gasteiger partial charge on any atom is 0.323 e. The lowest BCUT2D eigenvalue weighted by Gasteiger charge is -2.26. The van der Waals surface area contributed by atoms with Crippen LogP contribution in [0, 0.1) is 5.41 Å². The third-order valence-electron chi connectivity index (χ3n) is 2.67. The highest BCUT2D eigenvalue weighted by Crippen LogP contribution is 2.32. The van der Waals surface area contributed by atoms with E-state index in [1.54, 1.807) is 24.3 Å². The second-order valence-electron chi connectivity index (χ2n) is 3.76. The van der Waals surface area contributed by atoms with Gasteiger partial charge < -0.3 is 9.47 Å². The van der Waals surface area contributed by atoms with Crippen molar-refractivity contribution in [3.8, 4) is 0 Å². The van der Waals surface area contributed by atoms with Crippen LogP contribution >= 0.6 is 0 Å². The molecule has 0 radical (unpaired) electrons. The molecule has 0 N–H and O–H groups in total. The number of hydrogen-bond donors (Lipinski definition) is 0. The van der Waals surface area contributed by atoms with Gasteiger partial charge in [-0.3, -0.25) is 9.59 Å². The molecule has 0 aliphatic carbocycles. The van der Waals surface area contributed by atoms with Crippen LogP contribution in [0.4, 0.5) is 0 Å². The number of allylic oxidation sites excluding steroid dienone is 4. The molecule has 0 bridgehead atoms. The predicted molar refractivity (Wildman–Crippen MR) is 69.9 cm³/mol. The molecule has 100 valence electrons. The summed E-state index contributed by atoms with van der Waals surface area (Å²) in [5.74, 6) is -1.19. The molecular formula is C14H20O4. The molecule has 18 heavy (non-hydrogen) atoms. The summed E-state index contributed by atoms with van der Waals surface area (Å²) in [6, 6.07) is 0. The fourth-order valence-corrected chi connectivity index (χ4v) is 1.66. The van der Waals surface area contributed by atoms with Crippen molar-refractivity contribution in [3.05, 3.63) is 37.5 Å². The Balaban J connectivity index is 5.29. The van der Waals surface area contributed by atoms with Gasteiger partial charge in [-0.2, -0.15) is 0 Å². The standard InChI is InChI=1S/C14H20O4/c1-5-7-9-11-14(10-8-6-2,12(15)17-3)13(16)18-4/h5-7,9H,1-2,8,10-11H2,3-4H3/b9-7+. The van der Waals surface area contributed by atoms with Crippen molar-refractivity contribution >= 4 is 11.9 Å². The largest absolute Gasteiger partial charge is 0.468 e. The first-order valence-corrected chi connectivity index (χ1v) is 5.64. The zero-order chi connectivity index (χ0) is 14.0. The zero-order valence-electron chi connectivity index (χ0n) is 11.0. The summed E-state index contributed by atoms with van der Waals surface area (Å²) in [5.41, 5.74) is -1.31. The predicted octanol–water partition coefficient (Wildman–Crippen LogP) is 2.42. The Hall–Kier alpha value is -1.84. The van der Waals surface area contributed by atoms with Crippen LogP contribution in [0.25, 0.3) is 0 Å². The highest BCUT2D eigenvalue weighted by atomic mass is 16.5. The van der Waals surface area contributed by atoms with Gasteiger partial charge in [-0.1, -0.05) is 30.9 Å². The van der Waals surface area contributed by atoms with Crippen LogP contribution in [0.1, 0.15) is 19.3 Å². The summed E-state index contributed by atoms with van der Waals surface area (Å²) < 4.78 is 9.47. The zero-order valence-corrected chi connectivity index (χ0v) is 11.0. The molecule has 0 saturated heterocycles. The number of methoxy groups -OCH3 is 2. The van der Waals surface area contributed by atoms with E-state index in [0.717, 1.165) is 0 Å². The van der Waals surface area contributed by atoms with Gasteiger partial charge in [-0.15, -0.1) is 6.58 Å². The lowest BCUT2D eigenvalue weighted by molar-refractivity contribution is -0.169. The van der Waals surface area contributed by atoms with E-state index in [2.05, 4.69) is 13.2 Å². The van der Waals surface area contributed by atoms with Crippen LogP contribution in [-0.2, 0) is 19.1 Å². The molecular weight excluding hydrogens is 232 g/mol. The van der Waals surface area contributed by atoms with Crippen LogP contribution in [0.3, 0.4) is 0 Å². The van der Waals surface area contributed by atoms with Gasteiger partial charge >= 0.3 is 11.9 Å². The number of carbonyl (C=O) groups is 2. The van der Waals surface area contributed by atoms with Gasteiger partial charge in [0, 0.05) is 0 Å². The minimum absolute atomic E-state index is 0.214. The molecule has 0 amide bonds. The molecule has 0 atom stereocenters. The summed E-state index contributed by atoms with van der Waals surface area (Å²) in [5, 5.41) is 0. The van der Waals surface area contributed by atoms with Crippen molar-refractivity contribution in [1.29, 1.82) is 0 Å². The smallest absolute Gasteiger partial charge is 0.323 e. The van der Waals surface area contributed by atoms with E-state index in [-0.39, 0.29) is 6.42 Å². The molecule has 0 aliphatic heterocycles. The van der Waals surface area contributed by atoms with E-state index in [1.165, 1.54) is 14.2 Å². The number of ether oxygens (including phenoxy) is 2. The Labute approximate surface area is 108 Å². The van der Waals surface area contributed by atoms with Crippen LogP contribution in [0.2, 0.25) is 0 Å². The Kier molecular flexibility index (Phi) is 7.43. The van der Waals surface area contributed by atoms with Crippen molar-refractivity contribution in [2.45, 2.75) is 19.3 Å².